The van der Waals surface area contributed by atoms with Gasteiger partial charge < -0.3 is 9.80 Å². The van der Waals surface area contributed by atoms with E-state index in [2.05, 4.69) is 10.1 Å². The second-order valence-corrected chi connectivity index (χ2v) is 7.51. The summed E-state index contributed by atoms with van der Waals surface area (Å²) < 4.78 is 1.77. The number of nitrogens with zero attached hydrogens (tertiary/aromatic N) is 6. The molecule has 1 saturated heterocycles. The first kappa shape index (κ1) is 18.6. The zero-order chi connectivity index (χ0) is 19.5. The van der Waals surface area contributed by atoms with Gasteiger partial charge in [0.05, 0.1) is 11.7 Å². The summed E-state index contributed by atoms with van der Waals surface area (Å²) in [5, 5.41) is 4.14. The fourth-order valence-electron chi connectivity index (χ4n) is 4.08. The molecule has 0 unspecified atom stereocenters. The van der Waals surface area contributed by atoms with Gasteiger partial charge in [-0.1, -0.05) is 0 Å². The molecule has 1 fully saturated rings. The Morgan fingerprint density at radius 2 is 2.14 bits per heavy atom. The molecule has 2 aromatic rings. The number of amides is 2. The van der Waals surface area contributed by atoms with Crippen molar-refractivity contribution in [2.24, 2.45) is 0 Å². The number of aromatic nitrogens is 4. The molecule has 4 heterocycles. The van der Waals surface area contributed by atoms with Gasteiger partial charge in [-0.3, -0.25) is 14.3 Å². The summed E-state index contributed by atoms with van der Waals surface area (Å²) in [6.07, 6.45) is 9.63. The molecule has 2 aliphatic heterocycles. The van der Waals surface area contributed by atoms with Crippen LogP contribution in [0.1, 0.15) is 55.7 Å². The zero-order valence-corrected chi connectivity index (χ0v) is 16.3. The molecule has 0 radical (unpaired) electrons. The van der Waals surface area contributed by atoms with Crippen molar-refractivity contribution in [1.82, 2.24) is 29.5 Å². The maximum absolute atomic E-state index is 12.5. The second kappa shape index (κ2) is 8.08. The number of carbonyl (C=O) groups excluding carboxylic acids is 2. The maximum atomic E-state index is 12.5. The molecule has 28 heavy (non-hydrogen) atoms. The number of fused-ring (bicyclic) bond motifs is 1. The molecule has 0 bridgehead atoms. The number of hydrogen-bond donors (Lipinski definition) is 0. The monoisotopic (exact) mass is 382 g/mol. The highest BCUT2D eigenvalue weighted by Gasteiger charge is 2.29. The molecule has 0 spiro atoms. The topological polar surface area (TPSA) is 84.2 Å². The van der Waals surface area contributed by atoms with E-state index in [1.807, 2.05) is 28.3 Å². The van der Waals surface area contributed by atoms with E-state index in [0.717, 1.165) is 49.3 Å². The first-order valence-corrected chi connectivity index (χ1v) is 9.99. The normalized spacial score (nSPS) is 19.4. The lowest BCUT2D eigenvalue weighted by atomic mass is 10.0. The average Bonchev–Trinajstić information content (AvgIpc) is 3.25. The third kappa shape index (κ3) is 3.90. The molecule has 0 N–H and O–H groups in total. The van der Waals surface area contributed by atoms with Crippen molar-refractivity contribution < 1.29 is 9.59 Å². The molecule has 8 nitrogen and oxygen atoms in total. The van der Waals surface area contributed by atoms with Crippen molar-refractivity contribution in [1.29, 1.82) is 0 Å². The quantitative estimate of drug-likeness (QED) is 0.804. The molecular weight excluding hydrogens is 356 g/mol. The molecule has 2 amide bonds. The highest BCUT2D eigenvalue weighted by molar-refractivity contribution is 5.76. The lowest BCUT2D eigenvalue weighted by Gasteiger charge is -2.35. The lowest BCUT2D eigenvalue weighted by molar-refractivity contribution is -0.133. The van der Waals surface area contributed by atoms with Crippen molar-refractivity contribution in [3.8, 4) is 0 Å². The molecule has 0 aromatic carbocycles. The summed E-state index contributed by atoms with van der Waals surface area (Å²) in [6, 6.07) is 1.83. The molecule has 1 atom stereocenters. The van der Waals surface area contributed by atoms with Crippen LogP contribution in [0.3, 0.4) is 0 Å². The Bertz CT molecular complexity index is 850. The van der Waals surface area contributed by atoms with Crippen molar-refractivity contribution in [3.05, 3.63) is 41.7 Å². The molecule has 0 aliphatic carbocycles. The largest absolute Gasteiger partial charge is 0.338 e. The summed E-state index contributed by atoms with van der Waals surface area (Å²) in [7, 11) is 0. The van der Waals surface area contributed by atoms with Gasteiger partial charge in [-0.05, 0) is 25.3 Å². The van der Waals surface area contributed by atoms with Crippen molar-refractivity contribution >= 4 is 11.8 Å². The number of hydrogen-bond acceptors (Lipinski definition) is 5. The number of rotatable bonds is 4. The zero-order valence-electron chi connectivity index (χ0n) is 16.3. The van der Waals surface area contributed by atoms with Gasteiger partial charge in [0.2, 0.25) is 11.8 Å². The Labute approximate surface area is 164 Å². The van der Waals surface area contributed by atoms with E-state index >= 15 is 0 Å². The molecule has 8 heteroatoms. The lowest BCUT2D eigenvalue weighted by Crippen LogP contribution is -2.39. The van der Waals surface area contributed by atoms with Gasteiger partial charge in [0, 0.05) is 70.1 Å². The predicted molar refractivity (Wildman–Crippen MR) is 102 cm³/mol. The van der Waals surface area contributed by atoms with E-state index in [-0.39, 0.29) is 17.9 Å². The maximum Gasteiger partial charge on any atom is 0.224 e. The Balaban J connectivity index is 1.42. The van der Waals surface area contributed by atoms with Crippen LogP contribution in [0.4, 0.5) is 0 Å². The van der Waals surface area contributed by atoms with Gasteiger partial charge >= 0.3 is 0 Å². The number of piperidine rings is 1. The molecule has 2 aromatic heterocycles. The van der Waals surface area contributed by atoms with Crippen LogP contribution >= 0.6 is 0 Å². The predicted octanol–water partition coefficient (Wildman–Crippen LogP) is 1.72. The van der Waals surface area contributed by atoms with E-state index in [9.17, 15) is 9.59 Å². The van der Waals surface area contributed by atoms with Gasteiger partial charge in [0.25, 0.3) is 0 Å². The van der Waals surface area contributed by atoms with E-state index in [1.54, 1.807) is 17.8 Å². The van der Waals surface area contributed by atoms with Crippen molar-refractivity contribution in [2.45, 2.75) is 58.2 Å². The van der Waals surface area contributed by atoms with Gasteiger partial charge in [0.15, 0.2) is 5.82 Å². The Morgan fingerprint density at radius 1 is 1.25 bits per heavy atom. The van der Waals surface area contributed by atoms with Crippen LogP contribution in [0.15, 0.2) is 24.7 Å². The molecule has 0 saturated carbocycles. The number of carbonyl (C=O) groups is 2. The highest BCUT2D eigenvalue weighted by atomic mass is 16.2. The first-order chi connectivity index (χ1) is 13.6. The smallest absolute Gasteiger partial charge is 0.224 e. The summed E-state index contributed by atoms with van der Waals surface area (Å²) in [5.74, 6) is 0.951. The molecule has 148 valence electrons. The van der Waals surface area contributed by atoms with Crippen LogP contribution in [-0.2, 0) is 29.1 Å². The van der Waals surface area contributed by atoms with E-state index < -0.39 is 0 Å². The standard InChI is InChI=1S/C20H26N6O2/c1-15(27)26-10-3-2-5-18(26)20-21-13-16-14-24(11-6-17(16)23-20)19(28)7-12-25-9-4-8-22-25/h4,8-9,13,18H,2-3,5-7,10-12,14H2,1H3/t18-/m1/s1. The minimum atomic E-state index is -0.0229. The summed E-state index contributed by atoms with van der Waals surface area (Å²) in [4.78, 5) is 37.6. The fourth-order valence-corrected chi connectivity index (χ4v) is 4.08. The average molecular weight is 382 g/mol. The van der Waals surface area contributed by atoms with E-state index in [0.29, 0.717) is 26.1 Å². The van der Waals surface area contributed by atoms with Crippen LogP contribution in [0.5, 0.6) is 0 Å². The Kier molecular flexibility index (Phi) is 5.36. The summed E-state index contributed by atoms with van der Waals surface area (Å²) >= 11 is 0. The second-order valence-electron chi connectivity index (χ2n) is 7.51. The van der Waals surface area contributed by atoms with Crippen LogP contribution < -0.4 is 0 Å². The minimum Gasteiger partial charge on any atom is -0.338 e. The van der Waals surface area contributed by atoms with E-state index in [1.165, 1.54) is 0 Å². The number of likely N-dealkylation sites (tertiary alicyclic amines) is 1. The molecule has 2 aliphatic rings. The third-order valence-electron chi connectivity index (χ3n) is 5.62. The Hall–Kier alpha value is -2.77. The van der Waals surface area contributed by atoms with Gasteiger partial charge in [0.1, 0.15) is 0 Å². The van der Waals surface area contributed by atoms with Gasteiger partial charge in [-0.15, -0.1) is 0 Å². The minimum absolute atomic E-state index is 0.0229. The van der Waals surface area contributed by atoms with Crippen LogP contribution in [-0.4, -0.2) is 54.5 Å². The van der Waals surface area contributed by atoms with Crippen molar-refractivity contribution in [3.63, 3.8) is 0 Å². The summed E-state index contributed by atoms with van der Waals surface area (Å²) in [5.41, 5.74) is 2.02. The highest BCUT2D eigenvalue weighted by Crippen LogP contribution is 2.30. The third-order valence-corrected chi connectivity index (χ3v) is 5.62. The summed E-state index contributed by atoms with van der Waals surface area (Å²) in [6.45, 7) is 4.20. The molecular formula is C20H26N6O2. The van der Waals surface area contributed by atoms with Gasteiger partial charge in [-0.2, -0.15) is 5.10 Å². The van der Waals surface area contributed by atoms with E-state index in [4.69, 9.17) is 4.98 Å². The first-order valence-electron chi connectivity index (χ1n) is 9.99. The fraction of sp³-hybridized carbons (Fsp3) is 0.550. The number of aryl methyl sites for hydroxylation is 1. The van der Waals surface area contributed by atoms with Gasteiger partial charge in [-0.25, -0.2) is 9.97 Å². The SMILES string of the molecule is CC(=O)N1CCCC[C@@H]1c1ncc2c(n1)CCN(C(=O)CCn1cccn1)C2. The van der Waals surface area contributed by atoms with Crippen LogP contribution in [0.25, 0.3) is 0 Å². The Morgan fingerprint density at radius 3 is 2.93 bits per heavy atom. The van der Waals surface area contributed by atoms with Crippen LogP contribution in [0, 0.1) is 0 Å². The molecule has 4 rings (SSSR count). The van der Waals surface area contributed by atoms with Crippen LogP contribution in [0.2, 0.25) is 0 Å². The van der Waals surface area contributed by atoms with Crippen molar-refractivity contribution in [2.75, 3.05) is 13.1 Å².